The molecule has 0 amide bonds. The molecule has 0 bridgehead atoms. The largest absolute Gasteiger partial charge is 0.411 e. The van der Waals surface area contributed by atoms with Crippen molar-refractivity contribution in [2.45, 2.75) is 63.8 Å². The van der Waals surface area contributed by atoms with Crippen LogP contribution in [-0.4, -0.2) is 51.8 Å². The van der Waals surface area contributed by atoms with E-state index in [-0.39, 0.29) is 30.1 Å². The smallest absolute Gasteiger partial charge is 0.192 e. The predicted octanol–water partition coefficient (Wildman–Crippen LogP) is 2.08. The number of rotatable bonds is 4. The third-order valence-corrected chi connectivity index (χ3v) is 9.81. The summed E-state index contributed by atoms with van der Waals surface area (Å²) < 4.78 is 14.4. The number of hydrogen-bond donors (Lipinski definition) is 2. The molecule has 1 saturated heterocycles. The van der Waals surface area contributed by atoms with Gasteiger partial charge in [-0.3, -0.25) is 4.57 Å². The van der Waals surface area contributed by atoms with E-state index in [1.165, 1.54) is 6.33 Å². The Labute approximate surface area is 148 Å². The van der Waals surface area contributed by atoms with E-state index in [9.17, 15) is 5.11 Å². The van der Waals surface area contributed by atoms with Gasteiger partial charge in [-0.2, -0.15) is 0 Å². The molecule has 3 atom stereocenters. The number of nitrogens with zero attached hydrogens (tertiary/aromatic N) is 4. The minimum Gasteiger partial charge on any atom is -0.411 e. The lowest BCUT2D eigenvalue weighted by molar-refractivity contribution is -0.0410. The lowest BCUT2D eigenvalue weighted by atomic mass is 10.2. The van der Waals surface area contributed by atoms with Crippen molar-refractivity contribution >= 4 is 25.3 Å². The number of ether oxygens (including phenoxy) is 1. The van der Waals surface area contributed by atoms with Gasteiger partial charge < -0.3 is 20.0 Å². The van der Waals surface area contributed by atoms with Crippen molar-refractivity contribution < 1.29 is 14.3 Å². The van der Waals surface area contributed by atoms with Crippen LogP contribution < -0.4 is 5.73 Å². The molecule has 2 unspecified atom stereocenters. The zero-order valence-corrected chi connectivity index (χ0v) is 16.4. The van der Waals surface area contributed by atoms with Crippen LogP contribution in [0.4, 0.5) is 5.82 Å². The van der Waals surface area contributed by atoms with E-state index >= 15 is 0 Å². The third kappa shape index (κ3) is 3.29. The van der Waals surface area contributed by atoms with Gasteiger partial charge in [0.2, 0.25) is 0 Å². The van der Waals surface area contributed by atoms with E-state index in [0.717, 1.165) is 0 Å². The van der Waals surface area contributed by atoms with Gasteiger partial charge in [-0.1, -0.05) is 20.8 Å². The number of imidazole rings is 1. The maximum atomic E-state index is 9.75. The standard InChI is InChI=1S/C16H27N5O3Si/c1-16(2,3)25(4,5)24-10-6-12(23-11(10)7-22)21-9-20-13-14(17)18-8-19-15(13)21/h8-12,22H,6-7H2,1-5H3,(H2,17,18,19)/t10-,11?,12?/m1/s1. The third-order valence-electron chi connectivity index (χ3n) is 5.31. The molecule has 3 heterocycles. The van der Waals surface area contributed by atoms with Gasteiger partial charge in [-0.05, 0) is 18.1 Å². The molecule has 0 saturated carbocycles. The highest BCUT2D eigenvalue weighted by Gasteiger charge is 2.45. The van der Waals surface area contributed by atoms with Crippen LogP contribution in [0.25, 0.3) is 11.2 Å². The van der Waals surface area contributed by atoms with E-state index in [1.807, 2.05) is 4.57 Å². The summed E-state index contributed by atoms with van der Waals surface area (Å²) >= 11 is 0. The molecule has 2 aromatic rings. The number of nitrogens with two attached hydrogens (primary N) is 1. The summed E-state index contributed by atoms with van der Waals surface area (Å²) in [5.41, 5.74) is 7.04. The number of fused-ring (bicyclic) bond motifs is 1. The second-order valence-electron chi connectivity index (χ2n) is 8.05. The molecule has 3 rings (SSSR count). The van der Waals surface area contributed by atoms with Crippen molar-refractivity contribution in [1.82, 2.24) is 19.5 Å². The van der Waals surface area contributed by atoms with Gasteiger partial charge in [0, 0.05) is 6.42 Å². The second-order valence-corrected chi connectivity index (χ2v) is 12.8. The highest BCUT2D eigenvalue weighted by Crippen LogP contribution is 2.41. The van der Waals surface area contributed by atoms with Crippen molar-refractivity contribution in [3.05, 3.63) is 12.7 Å². The van der Waals surface area contributed by atoms with E-state index in [2.05, 4.69) is 48.8 Å². The molecule has 25 heavy (non-hydrogen) atoms. The summed E-state index contributed by atoms with van der Waals surface area (Å²) in [5.74, 6) is 0.342. The number of aromatic nitrogens is 4. The Hall–Kier alpha value is -1.55. The Bertz CT molecular complexity index is 758. The van der Waals surface area contributed by atoms with Crippen molar-refractivity contribution in [2.24, 2.45) is 0 Å². The number of hydrogen-bond acceptors (Lipinski definition) is 7. The van der Waals surface area contributed by atoms with E-state index in [4.69, 9.17) is 14.9 Å². The van der Waals surface area contributed by atoms with Crippen LogP contribution in [0.2, 0.25) is 18.1 Å². The first-order valence-electron chi connectivity index (χ1n) is 8.51. The molecule has 1 aliphatic heterocycles. The molecule has 138 valence electrons. The fourth-order valence-electron chi connectivity index (χ4n) is 2.80. The summed E-state index contributed by atoms with van der Waals surface area (Å²) in [6, 6.07) is 0. The average Bonchev–Trinajstić information content (AvgIpc) is 3.10. The van der Waals surface area contributed by atoms with Crippen molar-refractivity contribution in [1.29, 1.82) is 0 Å². The lowest BCUT2D eigenvalue weighted by Gasteiger charge is -2.39. The second kappa shape index (κ2) is 6.31. The average molecular weight is 366 g/mol. The van der Waals surface area contributed by atoms with Crippen LogP contribution in [0.5, 0.6) is 0 Å². The molecule has 3 N–H and O–H groups in total. The lowest BCUT2D eigenvalue weighted by Crippen LogP contribution is -2.46. The molecule has 1 aliphatic rings. The SMILES string of the molecule is CC(C)(C)[Si](C)(C)O[C@@H]1CC(n2cnc3c(N)ncnc32)OC1CO. The molecular formula is C16H27N5O3Si. The maximum absolute atomic E-state index is 9.75. The summed E-state index contributed by atoms with van der Waals surface area (Å²) in [6.07, 6.45) is 2.88. The van der Waals surface area contributed by atoms with Gasteiger partial charge in [-0.25, -0.2) is 15.0 Å². The first kappa shape index (κ1) is 18.2. The van der Waals surface area contributed by atoms with Gasteiger partial charge in [-0.15, -0.1) is 0 Å². The molecule has 1 fully saturated rings. The fraction of sp³-hybridized carbons (Fsp3) is 0.688. The van der Waals surface area contributed by atoms with Crippen LogP contribution >= 0.6 is 0 Å². The zero-order valence-electron chi connectivity index (χ0n) is 15.4. The number of aliphatic hydroxyl groups is 1. The number of nitrogen functional groups attached to an aromatic ring is 1. The van der Waals surface area contributed by atoms with Crippen molar-refractivity contribution in [3.8, 4) is 0 Å². The molecular weight excluding hydrogens is 338 g/mol. The number of anilines is 1. The monoisotopic (exact) mass is 365 g/mol. The predicted molar refractivity (Wildman–Crippen MR) is 97.4 cm³/mol. The van der Waals surface area contributed by atoms with Crippen LogP contribution in [0.1, 0.15) is 33.4 Å². The maximum Gasteiger partial charge on any atom is 0.192 e. The Morgan fingerprint density at radius 3 is 2.72 bits per heavy atom. The van der Waals surface area contributed by atoms with Crippen molar-refractivity contribution in [2.75, 3.05) is 12.3 Å². The molecule has 0 radical (unpaired) electrons. The Kier molecular flexibility index (Phi) is 4.61. The van der Waals surface area contributed by atoms with Crippen LogP contribution in [0.15, 0.2) is 12.7 Å². The van der Waals surface area contributed by atoms with Gasteiger partial charge in [0.15, 0.2) is 19.8 Å². The van der Waals surface area contributed by atoms with Crippen LogP contribution in [0, 0.1) is 0 Å². The van der Waals surface area contributed by atoms with Crippen LogP contribution in [0.3, 0.4) is 0 Å². The summed E-state index contributed by atoms with van der Waals surface area (Å²) in [6.45, 7) is 10.9. The van der Waals surface area contributed by atoms with Gasteiger partial charge in [0.05, 0.1) is 19.0 Å². The summed E-state index contributed by atoms with van der Waals surface area (Å²) in [7, 11) is -1.97. The Morgan fingerprint density at radius 2 is 2.08 bits per heavy atom. The molecule has 8 nitrogen and oxygen atoms in total. The fourth-order valence-corrected chi connectivity index (χ4v) is 4.15. The molecule has 0 aliphatic carbocycles. The normalized spacial score (nSPS) is 25.0. The minimum atomic E-state index is -1.97. The van der Waals surface area contributed by atoms with Gasteiger partial charge in [0.1, 0.15) is 24.2 Å². The van der Waals surface area contributed by atoms with E-state index in [1.54, 1.807) is 6.33 Å². The quantitative estimate of drug-likeness (QED) is 0.798. The first-order chi connectivity index (χ1) is 11.6. The Morgan fingerprint density at radius 1 is 1.36 bits per heavy atom. The zero-order chi connectivity index (χ0) is 18.4. The van der Waals surface area contributed by atoms with E-state index in [0.29, 0.717) is 23.4 Å². The summed E-state index contributed by atoms with van der Waals surface area (Å²) in [4.78, 5) is 12.5. The summed E-state index contributed by atoms with van der Waals surface area (Å²) in [5, 5.41) is 9.84. The minimum absolute atomic E-state index is 0.0838. The number of aliphatic hydroxyl groups excluding tert-OH is 1. The van der Waals surface area contributed by atoms with E-state index < -0.39 is 8.32 Å². The van der Waals surface area contributed by atoms with Gasteiger partial charge >= 0.3 is 0 Å². The highest BCUT2D eigenvalue weighted by molar-refractivity contribution is 6.74. The topological polar surface area (TPSA) is 108 Å². The first-order valence-corrected chi connectivity index (χ1v) is 11.4. The van der Waals surface area contributed by atoms with Crippen LogP contribution in [-0.2, 0) is 9.16 Å². The molecule has 0 aromatic carbocycles. The van der Waals surface area contributed by atoms with Gasteiger partial charge in [0.25, 0.3) is 0 Å². The Balaban J connectivity index is 1.85. The highest BCUT2D eigenvalue weighted by atomic mass is 28.4. The molecule has 9 heteroatoms. The molecule has 2 aromatic heterocycles. The molecule has 0 spiro atoms. The van der Waals surface area contributed by atoms with Crippen molar-refractivity contribution in [3.63, 3.8) is 0 Å².